The average Bonchev–Trinajstić information content (AvgIpc) is 2.40. The quantitative estimate of drug-likeness (QED) is 0.878. The van der Waals surface area contributed by atoms with Crippen molar-refractivity contribution in [2.24, 2.45) is 0 Å². The summed E-state index contributed by atoms with van der Waals surface area (Å²) >= 11 is 0. The summed E-state index contributed by atoms with van der Waals surface area (Å²) in [4.78, 5) is 25.8. The van der Waals surface area contributed by atoms with Gasteiger partial charge < -0.3 is 14.7 Å². The Morgan fingerprint density at radius 1 is 1.11 bits per heavy atom. The van der Waals surface area contributed by atoms with Gasteiger partial charge in [0.25, 0.3) is 0 Å². The molecule has 1 amide bonds. The highest BCUT2D eigenvalue weighted by molar-refractivity contribution is 5.71. The van der Waals surface area contributed by atoms with Crippen molar-refractivity contribution in [2.75, 3.05) is 32.7 Å². The summed E-state index contributed by atoms with van der Waals surface area (Å²) in [6.07, 6.45) is -0.388. The van der Waals surface area contributed by atoms with Crippen molar-refractivity contribution in [3.05, 3.63) is 30.3 Å². The standard InChI is InChI=1S/C13H16N2O4/c16-12(17)10-14-6-8-15(9-7-14)13(18)19-11-4-2-1-3-5-11/h1-5H,6-10H2,(H,16,17). The summed E-state index contributed by atoms with van der Waals surface area (Å²) in [6, 6.07) is 8.89. The SMILES string of the molecule is O=C(O)CN1CCN(C(=O)Oc2ccccc2)CC1. The van der Waals surface area contributed by atoms with E-state index in [1.807, 2.05) is 6.07 Å². The third kappa shape index (κ3) is 3.96. The number of carbonyl (C=O) groups is 2. The van der Waals surface area contributed by atoms with Gasteiger partial charge in [0, 0.05) is 26.2 Å². The van der Waals surface area contributed by atoms with E-state index in [2.05, 4.69) is 0 Å². The van der Waals surface area contributed by atoms with Crippen LogP contribution in [0.15, 0.2) is 30.3 Å². The Labute approximate surface area is 111 Å². The molecule has 1 aromatic rings. The molecule has 1 saturated heterocycles. The fourth-order valence-electron chi connectivity index (χ4n) is 1.93. The highest BCUT2D eigenvalue weighted by atomic mass is 16.6. The van der Waals surface area contributed by atoms with E-state index in [0.717, 1.165) is 0 Å². The topological polar surface area (TPSA) is 70.1 Å². The van der Waals surface area contributed by atoms with Gasteiger partial charge in [-0.2, -0.15) is 0 Å². The second-order valence-corrected chi connectivity index (χ2v) is 4.34. The van der Waals surface area contributed by atoms with Crippen molar-refractivity contribution in [3.63, 3.8) is 0 Å². The van der Waals surface area contributed by atoms with E-state index in [0.29, 0.717) is 31.9 Å². The van der Waals surface area contributed by atoms with Crippen molar-refractivity contribution >= 4 is 12.1 Å². The monoisotopic (exact) mass is 264 g/mol. The second kappa shape index (κ2) is 6.19. The number of carboxylic acids is 1. The summed E-state index contributed by atoms with van der Waals surface area (Å²) in [5.41, 5.74) is 0. The van der Waals surface area contributed by atoms with Gasteiger partial charge in [-0.1, -0.05) is 18.2 Å². The molecular weight excluding hydrogens is 248 g/mol. The highest BCUT2D eigenvalue weighted by Crippen LogP contribution is 2.11. The Kier molecular flexibility index (Phi) is 4.35. The third-order valence-electron chi connectivity index (χ3n) is 2.94. The molecule has 1 fully saturated rings. The van der Waals surface area contributed by atoms with Gasteiger partial charge in [0.1, 0.15) is 5.75 Å². The molecule has 1 N–H and O–H groups in total. The number of hydrogen-bond donors (Lipinski definition) is 1. The summed E-state index contributed by atoms with van der Waals surface area (Å²) in [5, 5.41) is 8.69. The summed E-state index contributed by atoms with van der Waals surface area (Å²) in [5.74, 6) is -0.333. The lowest BCUT2D eigenvalue weighted by Crippen LogP contribution is -2.50. The van der Waals surface area contributed by atoms with E-state index in [-0.39, 0.29) is 12.6 Å². The van der Waals surface area contributed by atoms with Gasteiger partial charge >= 0.3 is 12.1 Å². The molecule has 6 nitrogen and oxygen atoms in total. The lowest BCUT2D eigenvalue weighted by Gasteiger charge is -2.32. The molecule has 0 atom stereocenters. The minimum absolute atomic E-state index is 0.0154. The van der Waals surface area contributed by atoms with Gasteiger partial charge in [0.2, 0.25) is 0 Å². The number of carboxylic acid groups (broad SMARTS) is 1. The number of benzene rings is 1. The number of aliphatic carboxylic acids is 1. The molecule has 0 aromatic heterocycles. The molecule has 6 heteroatoms. The van der Waals surface area contributed by atoms with Crippen LogP contribution in [-0.4, -0.2) is 59.7 Å². The Hall–Kier alpha value is -2.08. The predicted molar refractivity (Wildman–Crippen MR) is 68.1 cm³/mol. The van der Waals surface area contributed by atoms with Crippen LogP contribution in [0.3, 0.4) is 0 Å². The number of para-hydroxylation sites is 1. The molecule has 1 aromatic carbocycles. The molecule has 1 aliphatic heterocycles. The van der Waals surface area contributed by atoms with Crippen LogP contribution in [0.25, 0.3) is 0 Å². The largest absolute Gasteiger partial charge is 0.480 e. The fourth-order valence-corrected chi connectivity index (χ4v) is 1.93. The first-order chi connectivity index (χ1) is 9.15. The first-order valence-corrected chi connectivity index (χ1v) is 6.11. The van der Waals surface area contributed by atoms with Crippen LogP contribution >= 0.6 is 0 Å². The zero-order valence-corrected chi connectivity index (χ0v) is 10.5. The Balaban J connectivity index is 1.81. The van der Waals surface area contributed by atoms with E-state index < -0.39 is 5.97 Å². The molecular formula is C13H16N2O4. The van der Waals surface area contributed by atoms with Gasteiger partial charge in [0.05, 0.1) is 6.54 Å². The number of amides is 1. The molecule has 0 unspecified atom stereocenters. The van der Waals surface area contributed by atoms with Gasteiger partial charge in [-0.05, 0) is 12.1 Å². The first-order valence-electron chi connectivity index (χ1n) is 6.11. The first kappa shape index (κ1) is 13.4. The summed E-state index contributed by atoms with van der Waals surface area (Å²) < 4.78 is 5.22. The zero-order chi connectivity index (χ0) is 13.7. The molecule has 0 saturated carbocycles. The van der Waals surface area contributed by atoms with Gasteiger partial charge in [0.15, 0.2) is 0 Å². The lowest BCUT2D eigenvalue weighted by atomic mass is 10.3. The Morgan fingerprint density at radius 3 is 2.32 bits per heavy atom. The number of ether oxygens (including phenoxy) is 1. The van der Waals surface area contributed by atoms with E-state index in [1.165, 1.54) is 0 Å². The number of rotatable bonds is 3. The minimum Gasteiger partial charge on any atom is -0.480 e. The number of piperazine rings is 1. The molecule has 102 valence electrons. The molecule has 1 aliphatic rings. The van der Waals surface area contributed by atoms with Crippen LogP contribution in [0.5, 0.6) is 5.75 Å². The van der Waals surface area contributed by atoms with Crippen LogP contribution in [0, 0.1) is 0 Å². The fraction of sp³-hybridized carbons (Fsp3) is 0.385. The maximum absolute atomic E-state index is 11.9. The smallest absolute Gasteiger partial charge is 0.415 e. The second-order valence-electron chi connectivity index (χ2n) is 4.34. The maximum atomic E-state index is 11.9. The van der Waals surface area contributed by atoms with Crippen LogP contribution in [0.2, 0.25) is 0 Å². The zero-order valence-electron chi connectivity index (χ0n) is 10.5. The van der Waals surface area contributed by atoms with E-state index in [9.17, 15) is 9.59 Å². The number of carbonyl (C=O) groups excluding carboxylic acids is 1. The van der Waals surface area contributed by atoms with Crippen LogP contribution in [0.4, 0.5) is 4.79 Å². The van der Waals surface area contributed by atoms with Crippen molar-refractivity contribution in [3.8, 4) is 5.75 Å². The number of hydrogen-bond acceptors (Lipinski definition) is 4. The molecule has 2 rings (SSSR count). The van der Waals surface area contributed by atoms with Crippen molar-refractivity contribution < 1.29 is 19.4 Å². The molecule has 19 heavy (non-hydrogen) atoms. The maximum Gasteiger partial charge on any atom is 0.415 e. The Bertz CT molecular complexity index is 441. The highest BCUT2D eigenvalue weighted by Gasteiger charge is 2.23. The summed E-state index contributed by atoms with van der Waals surface area (Å²) in [6.45, 7) is 2.09. The molecule has 0 radical (unpaired) electrons. The van der Waals surface area contributed by atoms with Gasteiger partial charge in [-0.3, -0.25) is 9.69 Å². The molecule has 1 heterocycles. The molecule has 0 spiro atoms. The Morgan fingerprint density at radius 2 is 1.74 bits per heavy atom. The van der Waals surface area contributed by atoms with Crippen LogP contribution in [0.1, 0.15) is 0 Å². The van der Waals surface area contributed by atoms with Crippen LogP contribution < -0.4 is 4.74 Å². The van der Waals surface area contributed by atoms with E-state index in [4.69, 9.17) is 9.84 Å². The molecule has 0 aliphatic carbocycles. The van der Waals surface area contributed by atoms with E-state index >= 15 is 0 Å². The van der Waals surface area contributed by atoms with Crippen molar-refractivity contribution in [2.45, 2.75) is 0 Å². The third-order valence-corrected chi connectivity index (χ3v) is 2.94. The minimum atomic E-state index is -0.847. The van der Waals surface area contributed by atoms with Crippen molar-refractivity contribution in [1.82, 2.24) is 9.80 Å². The average molecular weight is 264 g/mol. The van der Waals surface area contributed by atoms with Gasteiger partial charge in [-0.25, -0.2) is 4.79 Å². The van der Waals surface area contributed by atoms with Crippen LogP contribution in [-0.2, 0) is 4.79 Å². The van der Waals surface area contributed by atoms with Crippen molar-refractivity contribution in [1.29, 1.82) is 0 Å². The number of nitrogens with zero attached hydrogens (tertiary/aromatic N) is 2. The van der Waals surface area contributed by atoms with E-state index in [1.54, 1.807) is 34.1 Å². The lowest BCUT2D eigenvalue weighted by molar-refractivity contribution is -0.138. The van der Waals surface area contributed by atoms with Gasteiger partial charge in [-0.15, -0.1) is 0 Å². The normalized spacial score (nSPS) is 16.1. The predicted octanol–water partition coefficient (Wildman–Crippen LogP) is 0.888. The summed E-state index contributed by atoms with van der Waals surface area (Å²) in [7, 11) is 0. The molecule has 0 bridgehead atoms.